The molecule has 0 aliphatic carbocycles. The predicted octanol–water partition coefficient (Wildman–Crippen LogP) is 3.55. The van der Waals surface area contributed by atoms with E-state index in [1.165, 1.54) is 31.2 Å². The molecule has 3 radical (unpaired) electrons. The Morgan fingerprint density at radius 2 is 0.979 bits per heavy atom. The Labute approximate surface area is 565 Å². The van der Waals surface area contributed by atoms with Gasteiger partial charge >= 0.3 is 77.5 Å². The number of fused-ring (bicyclic) bond motifs is 4. The fourth-order valence-corrected chi connectivity index (χ4v) is 9.63. The van der Waals surface area contributed by atoms with Crippen LogP contribution >= 0.6 is 11.6 Å². The molecule has 4 unspecified atom stereocenters. The molecular weight excluding hydrogens is 1280 g/mol. The average Bonchev–Trinajstić information content (AvgIpc) is 1.80. The number of aliphatic carboxylic acids is 1. The number of non-ortho nitro benzene ring substituents is 1. The maximum atomic E-state index is 13.1. The number of nitrogen functional groups attached to an aromatic ring is 1. The van der Waals surface area contributed by atoms with Crippen LogP contribution < -0.4 is 62.6 Å². The molecule has 19 nitrogen and oxygen atoms in total. The van der Waals surface area contributed by atoms with E-state index in [4.69, 9.17) is 55.9 Å². The molecule has 4 aliphatic rings. The van der Waals surface area contributed by atoms with Gasteiger partial charge in [0.25, 0.3) is 16.9 Å². The molecule has 0 bridgehead atoms. The van der Waals surface area contributed by atoms with Crippen LogP contribution in [-0.2, 0) is 42.2 Å². The standard InChI is InChI=1S/C17H13BF4O3.C8H8BNO4.C8H10BNO2.C8H9BO3.C8H9BO2.C8H3ClF4O.C2H4O2.B.Na.H/c1-9-12-4-2-10(6-15(12)18(24)25-9)7-16(23)13-5-3-11(19)8-14(13)17(20,21)22;1-5-7-3-2-6(10(12)13)4-8(7)9(11)14-5;1-5-7-3-2-6(10)4-8(7)9(11)12-5;1-6(10)7-4-2-3-5-8(7)9(11)12;1-6-7-4-2-3-5-8(7)9(10)11-6;9-7(14)5-2-1-4(10)3-6(5)8(11,12)13;1-2(3)4;;;/h2-6,8-9,24H,7H2,1H3;2-5,11H,1H3;2-5,11H,10H2,1H3;2-5,11-12H,1H3;2-6,10H,1H3;1-3H;1H3,(H,3,4);;;/q;;;;;;;;+1;-1. The van der Waals surface area contributed by atoms with Crippen LogP contribution in [0.1, 0.15) is 137 Å². The smallest absolute Gasteiger partial charge is 1.00 e. The van der Waals surface area contributed by atoms with E-state index in [-0.39, 0.29) is 93.2 Å². The molecule has 0 fully saturated rings. The summed E-state index contributed by atoms with van der Waals surface area (Å²) >= 11 is 4.91. The van der Waals surface area contributed by atoms with E-state index < -0.39 is 104 Å². The van der Waals surface area contributed by atoms with Crippen molar-refractivity contribution < 1.29 is 144 Å². The van der Waals surface area contributed by atoms with E-state index in [2.05, 4.69) is 0 Å². The number of benzene rings is 7. The number of carboxylic acids is 1. The molecule has 4 heterocycles. The van der Waals surface area contributed by atoms with Crippen molar-refractivity contribution in [3.8, 4) is 0 Å². The van der Waals surface area contributed by atoms with E-state index in [1.807, 2.05) is 50.2 Å². The minimum Gasteiger partial charge on any atom is -1.00 e. The number of Topliss-reactive ketones (excluding diaryl/α,β-unsaturated/α-hetero) is 2. The zero-order chi connectivity index (χ0) is 68.9. The third kappa shape index (κ3) is 22.3. The molecular formula is C59H57B6ClF8N2NaO17. The Bertz CT molecular complexity index is 3790. The van der Waals surface area contributed by atoms with Crippen molar-refractivity contribution in [2.75, 3.05) is 5.73 Å². The summed E-state index contributed by atoms with van der Waals surface area (Å²) in [6.07, 6.45) is -10.4. The van der Waals surface area contributed by atoms with Crippen molar-refractivity contribution in [1.29, 1.82) is 0 Å². The van der Waals surface area contributed by atoms with Crippen LogP contribution in [-0.4, -0.2) is 107 Å². The van der Waals surface area contributed by atoms with Gasteiger partial charge in [0.2, 0.25) is 0 Å². The third-order valence-corrected chi connectivity index (χ3v) is 14.0. The number of rotatable bonds is 7. The van der Waals surface area contributed by atoms with E-state index in [0.29, 0.717) is 39.9 Å². The number of nitrogens with two attached hydrogens (primary N) is 1. The van der Waals surface area contributed by atoms with Gasteiger partial charge < -0.3 is 61.0 Å². The molecule has 4 aliphatic heterocycles. The number of ketones is 2. The SMILES string of the molecule is CC(=O)O.CC(=O)c1ccccc1B(O)O.CC1OB(O)c2cc(CC(=O)c3ccc(F)cc3C(F)(F)F)ccc21.CC1OB(O)c2cc(N)ccc21.CC1OB(O)c2cc([N+](=O)[O-])ccc21.CC1OB(O)c2ccccc21.O=C(Cl)c1ccc(F)cc1C(F)(F)F.[B].[H-].[Na+]. The molecule has 0 aromatic heterocycles. The first-order chi connectivity index (χ1) is 42.9. The number of anilines is 1. The molecule has 0 saturated carbocycles. The maximum absolute atomic E-state index is 13.1. The van der Waals surface area contributed by atoms with Crippen LogP contribution in [0.4, 0.5) is 46.5 Å². The van der Waals surface area contributed by atoms with Gasteiger partial charge in [-0.1, -0.05) is 78.9 Å². The van der Waals surface area contributed by atoms with E-state index in [0.717, 1.165) is 58.3 Å². The number of carboxylic acid groups (broad SMARTS) is 1. The van der Waals surface area contributed by atoms with Crippen LogP contribution in [0.2, 0.25) is 0 Å². The first kappa shape index (κ1) is 81.2. The number of alkyl halides is 6. The summed E-state index contributed by atoms with van der Waals surface area (Å²) in [5.74, 6) is -3.91. The van der Waals surface area contributed by atoms with Gasteiger partial charge in [-0.2, -0.15) is 26.3 Å². The van der Waals surface area contributed by atoms with Crippen LogP contribution in [0.5, 0.6) is 0 Å². The molecule has 7 aromatic rings. The Balaban J connectivity index is 0.000000391. The van der Waals surface area contributed by atoms with Crippen molar-refractivity contribution in [3.05, 3.63) is 217 Å². The van der Waals surface area contributed by atoms with Gasteiger partial charge in [0.05, 0.1) is 40.5 Å². The van der Waals surface area contributed by atoms with E-state index >= 15 is 0 Å². The van der Waals surface area contributed by atoms with Gasteiger partial charge in [-0.25, -0.2) is 8.78 Å². The van der Waals surface area contributed by atoms with Crippen LogP contribution in [0, 0.1) is 21.7 Å². The summed E-state index contributed by atoms with van der Waals surface area (Å²) < 4.78 is 122. The summed E-state index contributed by atoms with van der Waals surface area (Å²) in [5, 5.41) is 72.3. The predicted molar refractivity (Wildman–Crippen MR) is 333 cm³/mol. The summed E-state index contributed by atoms with van der Waals surface area (Å²) in [6, 6.07) is 32.5. The van der Waals surface area contributed by atoms with Crippen LogP contribution in [0.3, 0.4) is 0 Å². The molecule has 4 atom stereocenters. The number of carbonyl (C=O) groups excluding carboxylic acids is 3. The second-order valence-corrected chi connectivity index (χ2v) is 20.7. The minimum atomic E-state index is -4.83. The molecule has 11 rings (SSSR count). The molecule has 0 saturated heterocycles. The molecule has 7 aromatic carbocycles. The quantitative estimate of drug-likeness (QED) is 0.0215. The number of nitrogens with zero attached hydrogens (tertiary/aromatic N) is 1. The Morgan fingerprint density at radius 3 is 1.41 bits per heavy atom. The summed E-state index contributed by atoms with van der Waals surface area (Å²) in [4.78, 5) is 52.8. The van der Waals surface area contributed by atoms with Gasteiger partial charge in [0.1, 0.15) is 11.6 Å². The van der Waals surface area contributed by atoms with Crippen molar-refractivity contribution in [3.63, 3.8) is 0 Å². The van der Waals surface area contributed by atoms with Gasteiger partial charge in [-0.3, -0.25) is 29.3 Å². The van der Waals surface area contributed by atoms with Crippen molar-refractivity contribution >= 4 is 117 Å². The summed E-state index contributed by atoms with van der Waals surface area (Å²) in [6.45, 7) is 9.87. The van der Waals surface area contributed by atoms with Crippen molar-refractivity contribution in [2.45, 2.75) is 84.7 Å². The molecule has 487 valence electrons. The average molecular weight is 1340 g/mol. The number of halogens is 9. The molecule has 35 heteroatoms. The minimum absolute atomic E-state index is 0. The number of nitro benzene ring substituents is 1. The molecule has 0 amide bonds. The zero-order valence-corrected chi connectivity index (χ0v) is 53.7. The Morgan fingerprint density at radius 1 is 0.585 bits per heavy atom. The fourth-order valence-electron chi connectivity index (χ4n) is 9.46. The monoisotopic (exact) mass is 1340 g/mol. The first-order valence-electron chi connectivity index (χ1n) is 27.3. The molecule has 94 heavy (non-hydrogen) atoms. The second kappa shape index (κ2) is 35.6. The summed E-state index contributed by atoms with van der Waals surface area (Å²) in [7, 11) is -5.28. The summed E-state index contributed by atoms with van der Waals surface area (Å²) in [5.41, 5.74) is 9.64. The van der Waals surface area contributed by atoms with Crippen molar-refractivity contribution in [1.82, 2.24) is 0 Å². The zero-order valence-electron chi connectivity index (χ0n) is 51.9. The van der Waals surface area contributed by atoms with Gasteiger partial charge in [0.15, 0.2) is 11.6 Å². The Hall–Kier alpha value is -7.06. The normalized spacial score (nSPS) is 15.9. The van der Waals surface area contributed by atoms with E-state index in [1.54, 1.807) is 56.3 Å². The Kier molecular flexibility index (Phi) is 30.8. The first-order valence-corrected chi connectivity index (χ1v) is 27.6. The number of hydrogen-bond donors (Lipinski definition) is 8. The van der Waals surface area contributed by atoms with Gasteiger partial charge in [0, 0.05) is 56.3 Å². The second-order valence-electron chi connectivity index (χ2n) is 20.4. The number of nitro groups is 1. The third-order valence-electron chi connectivity index (χ3n) is 13.8. The number of hydrogen-bond acceptors (Lipinski definition) is 17. The largest absolute Gasteiger partial charge is 1.00 e. The molecule has 0 spiro atoms. The molecule has 9 N–H and O–H groups in total. The van der Waals surface area contributed by atoms with Crippen LogP contribution in [0.15, 0.2) is 140 Å². The van der Waals surface area contributed by atoms with Crippen molar-refractivity contribution in [2.24, 2.45) is 0 Å². The van der Waals surface area contributed by atoms with Gasteiger partial charge in [-0.15, -0.1) is 0 Å². The van der Waals surface area contributed by atoms with Gasteiger partial charge in [-0.05, 0) is 150 Å². The topological polar surface area (TPSA) is 316 Å². The van der Waals surface area contributed by atoms with Crippen LogP contribution in [0.25, 0.3) is 0 Å². The van der Waals surface area contributed by atoms with E-state index in [9.17, 15) is 79.7 Å². The fraction of sp³-hybridized carbons (Fsp3) is 0.220. The maximum Gasteiger partial charge on any atom is 1.00 e. The number of carbonyl (C=O) groups is 4.